The van der Waals surface area contributed by atoms with Crippen LogP contribution in [0.4, 0.5) is 4.79 Å². The fourth-order valence-electron chi connectivity index (χ4n) is 2.96. The highest BCUT2D eigenvalue weighted by Crippen LogP contribution is 2.38. The lowest BCUT2D eigenvalue weighted by molar-refractivity contribution is -0.109. The second-order valence-corrected chi connectivity index (χ2v) is 5.94. The van der Waals surface area contributed by atoms with Crippen molar-refractivity contribution in [2.45, 2.75) is 44.6 Å². The maximum Gasteiger partial charge on any atom is 0.410 e. The van der Waals surface area contributed by atoms with Crippen LogP contribution in [0.5, 0.6) is 0 Å². The number of benzene rings is 1. The summed E-state index contributed by atoms with van der Waals surface area (Å²) in [5.41, 5.74) is 1.05. The number of amides is 1. The molecule has 1 aromatic carbocycles. The summed E-state index contributed by atoms with van der Waals surface area (Å²) in [5.74, 6) is 0. The minimum Gasteiger partial charge on any atom is -0.447 e. The first-order valence-electron chi connectivity index (χ1n) is 7.52. The van der Waals surface area contributed by atoms with E-state index in [1.165, 1.54) is 5.56 Å². The Balaban J connectivity index is 2.08. The number of ether oxygens (including phenoxy) is 1. The third-order valence-corrected chi connectivity index (χ3v) is 4.18. The zero-order valence-electron chi connectivity index (χ0n) is 12.7. The zero-order valence-corrected chi connectivity index (χ0v) is 12.7. The van der Waals surface area contributed by atoms with Gasteiger partial charge in [-0.1, -0.05) is 30.3 Å². The van der Waals surface area contributed by atoms with Crippen molar-refractivity contribution in [2.24, 2.45) is 0 Å². The number of carbonyl (C=O) groups excluding carboxylic acids is 2. The second kappa shape index (κ2) is 6.74. The number of hydrogen-bond donors (Lipinski definition) is 0. The average molecular weight is 289 g/mol. The molecule has 0 unspecified atom stereocenters. The molecule has 1 aliphatic heterocycles. The predicted octanol–water partition coefficient (Wildman–Crippen LogP) is 3.15. The van der Waals surface area contributed by atoms with Crippen LogP contribution in [-0.4, -0.2) is 36.5 Å². The van der Waals surface area contributed by atoms with Gasteiger partial charge in [-0.3, -0.25) is 0 Å². The van der Waals surface area contributed by atoms with Crippen LogP contribution in [0.15, 0.2) is 30.3 Å². The molecule has 114 valence electrons. The molecule has 1 saturated heterocycles. The number of likely N-dealkylation sites (tertiary alicyclic amines) is 1. The van der Waals surface area contributed by atoms with Crippen LogP contribution in [0.2, 0.25) is 0 Å². The van der Waals surface area contributed by atoms with Crippen LogP contribution >= 0.6 is 0 Å². The van der Waals surface area contributed by atoms with Gasteiger partial charge in [-0.15, -0.1) is 0 Å². The first-order valence-corrected chi connectivity index (χ1v) is 7.52. The van der Waals surface area contributed by atoms with Crippen molar-refractivity contribution in [3.63, 3.8) is 0 Å². The molecule has 0 aliphatic carbocycles. The van der Waals surface area contributed by atoms with E-state index in [2.05, 4.69) is 12.1 Å². The molecule has 0 radical (unpaired) electrons. The van der Waals surface area contributed by atoms with E-state index in [0.29, 0.717) is 19.5 Å². The van der Waals surface area contributed by atoms with Crippen molar-refractivity contribution in [3.8, 4) is 0 Å². The number of nitrogens with zero attached hydrogens (tertiary/aromatic N) is 1. The fourth-order valence-corrected chi connectivity index (χ4v) is 2.96. The number of piperidine rings is 1. The molecule has 21 heavy (non-hydrogen) atoms. The number of hydrogen-bond acceptors (Lipinski definition) is 3. The lowest BCUT2D eigenvalue weighted by Gasteiger charge is -2.41. The highest BCUT2D eigenvalue weighted by molar-refractivity contribution is 5.68. The molecule has 0 saturated carbocycles. The van der Waals surface area contributed by atoms with Crippen molar-refractivity contribution >= 4 is 12.4 Å². The normalized spacial score (nSPS) is 17.6. The van der Waals surface area contributed by atoms with Crippen LogP contribution in [0, 0.1) is 0 Å². The van der Waals surface area contributed by atoms with E-state index >= 15 is 0 Å². The van der Waals surface area contributed by atoms with Gasteiger partial charge in [0.25, 0.3) is 0 Å². The van der Waals surface area contributed by atoms with Crippen molar-refractivity contribution in [2.75, 3.05) is 13.1 Å². The average Bonchev–Trinajstić information content (AvgIpc) is 2.48. The van der Waals surface area contributed by atoms with Gasteiger partial charge >= 0.3 is 6.09 Å². The summed E-state index contributed by atoms with van der Waals surface area (Å²) in [4.78, 5) is 24.8. The number of rotatable bonds is 4. The quantitative estimate of drug-likeness (QED) is 0.800. The first-order chi connectivity index (χ1) is 10.1. The fraction of sp³-hybridized carbons (Fsp3) is 0.529. The van der Waals surface area contributed by atoms with E-state index in [4.69, 9.17) is 4.74 Å². The molecule has 2 rings (SSSR count). The summed E-state index contributed by atoms with van der Waals surface area (Å²) in [6.07, 6.45) is 2.73. The van der Waals surface area contributed by atoms with Gasteiger partial charge in [0.15, 0.2) is 0 Å². The molecule has 0 aromatic heterocycles. The third kappa shape index (κ3) is 3.63. The maximum absolute atomic E-state index is 11.9. The molecule has 4 heteroatoms. The smallest absolute Gasteiger partial charge is 0.410 e. The van der Waals surface area contributed by atoms with E-state index in [1.807, 2.05) is 32.0 Å². The van der Waals surface area contributed by atoms with Crippen LogP contribution in [0.1, 0.15) is 38.7 Å². The van der Waals surface area contributed by atoms with Crippen LogP contribution in [0.25, 0.3) is 0 Å². The topological polar surface area (TPSA) is 46.6 Å². The van der Waals surface area contributed by atoms with Gasteiger partial charge in [0.05, 0.1) is 6.10 Å². The molecule has 0 N–H and O–H groups in total. The largest absolute Gasteiger partial charge is 0.447 e. The van der Waals surface area contributed by atoms with Crippen molar-refractivity contribution in [1.29, 1.82) is 0 Å². The molecule has 0 atom stereocenters. The third-order valence-electron chi connectivity index (χ3n) is 4.18. The lowest BCUT2D eigenvalue weighted by Crippen LogP contribution is -2.46. The monoisotopic (exact) mass is 289 g/mol. The van der Waals surface area contributed by atoms with Crippen LogP contribution in [0.3, 0.4) is 0 Å². The molecule has 1 amide bonds. The summed E-state index contributed by atoms with van der Waals surface area (Å²) in [5, 5.41) is 0. The molecule has 0 bridgehead atoms. The molecular formula is C17H23NO3. The minimum atomic E-state index is -0.252. The number of carbonyl (C=O) groups is 2. The molecule has 4 nitrogen and oxygen atoms in total. The summed E-state index contributed by atoms with van der Waals surface area (Å²) >= 11 is 0. The summed E-state index contributed by atoms with van der Waals surface area (Å²) in [6, 6.07) is 10.1. The Hall–Kier alpha value is -1.84. The predicted molar refractivity (Wildman–Crippen MR) is 81.2 cm³/mol. The van der Waals surface area contributed by atoms with Gasteiger partial charge in [0.2, 0.25) is 0 Å². The van der Waals surface area contributed by atoms with E-state index in [0.717, 1.165) is 19.1 Å². The standard InChI is InChI=1S/C17H23NO3/c1-14(2)21-16(20)18-11-8-17(9-12-18,10-13-19)15-6-4-3-5-7-15/h3-7,13-14H,8-12H2,1-2H3. The van der Waals surface area contributed by atoms with Gasteiger partial charge in [0.1, 0.15) is 6.29 Å². The first kappa shape index (κ1) is 15.5. The molecular weight excluding hydrogens is 266 g/mol. The van der Waals surface area contributed by atoms with Gasteiger partial charge in [-0.2, -0.15) is 0 Å². The molecule has 1 aliphatic rings. The Labute approximate surface area is 126 Å². The number of aldehydes is 1. The highest BCUT2D eigenvalue weighted by atomic mass is 16.6. The second-order valence-electron chi connectivity index (χ2n) is 5.94. The van der Waals surface area contributed by atoms with Gasteiger partial charge in [0, 0.05) is 24.9 Å². The Morgan fingerprint density at radius 2 is 1.90 bits per heavy atom. The summed E-state index contributed by atoms with van der Waals surface area (Å²) in [6.45, 7) is 4.97. The van der Waals surface area contributed by atoms with Crippen LogP contribution < -0.4 is 0 Å². The van der Waals surface area contributed by atoms with Crippen LogP contribution in [-0.2, 0) is 14.9 Å². The van der Waals surface area contributed by atoms with E-state index in [1.54, 1.807) is 4.90 Å². The highest BCUT2D eigenvalue weighted by Gasteiger charge is 2.37. The molecule has 0 spiro atoms. The van der Waals surface area contributed by atoms with Gasteiger partial charge in [-0.05, 0) is 32.3 Å². The minimum absolute atomic E-state index is 0.103. The van der Waals surface area contributed by atoms with E-state index < -0.39 is 0 Å². The van der Waals surface area contributed by atoms with Crippen molar-refractivity contribution in [3.05, 3.63) is 35.9 Å². The lowest BCUT2D eigenvalue weighted by atomic mass is 9.71. The summed E-state index contributed by atoms with van der Waals surface area (Å²) in [7, 11) is 0. The van der Waals surface area contributed by atoms with Crippen molar-refractivity contribution < 1.29 is 14.3 Å². The van der Waals surface area contributed by atoms with E-state index in [-0.39, 0.29) is 17.6 Å². The Kier molecular flexibility index (Phi) is 4.99. The Morgan fingerprint density at radius 1 is 1.29 bits per heavy atom. The maximum atomic E-state index is 11.9. The molecule has 1 fully saturated rings. The van der Waals surface area contributed by atoms with E-state index in [9.17, 15) is 9.59 Å². The Morgan fingerprint density at radius 3 is 2.43 bits per heavy atom. The zero-order chi connectivity index (χ0) is 15.3. The molecule has 1 heterocycles. The Bertz CT molecular complexity index is 476. The molecule has 1 aromatic rings. The van der Waals surface area contributed by atoms with Gasteiger partial charge in [-0.25, -0.2) is 4.79 Å². The van der Waals surface area contributed by atoms with Crippen molar-refractivity contribution in [1.82, 2.24) is 4.90 Å². The van der Waals surface area contributed by atoms with Gasteiger partial charge < -0.3 is 14.4 Å². The summed E-state index contributed by atoms with van der Waals surface area (Å²) < 4.78 is 5.24. The SMILES string of the molecule is CC(C)OC(=O)N1CCC(CC=O)(c2ccccc2)CC1.